The van der Waals surface area contributed by atoms with Crippen LogP contribution in [0.25, 0.3) is 0 Å². The van der Waals surface area contributed by atoms with Crippen molar-refractivity contribution in [2.45, 2.75) is 0 Å². The molecule has 2 heterocycles. The molecule has 0 saturated heterocycles. The number of rotatable bonds is 5. The first kappa shape index (κ1) is 19.1. The van der Waals surface area contributed by atoms with E-state index in [0.717, 1.165) is 0 Å². The van der Waals surface area contributed by atoms with Crippen molar-refractivity contribution in [3.8, 4) is 5.75 Å². The summed E-state index contributed by atoms with van der Waals surface area (Å²) in [7, 11) is 1.71. The number of aromatic nitrogens is 2. The summed E-state index contributed by atoms with van der Waals surface area (Å²) in [5.41, 5.74) is 3.39. The fraction of sp³-hybridized carbons (Fsp3) is 0.0588. The maximum absolute atomic E-state index is 12.1. The molecule has 10 heteroatoms. The van der Waals surface area contributed by atoms with Crippen molar-refractivity contribution in [1.82, 2.24) is 15.2 Å². The molecule has 1 amide bonds. The van der Waals surface area contributed by atoms with E-state index in [2.05, 4.69) is 47.5 Å². The molecule has 0 fully saturated rings. The van der Waals surface area contributed by atoms with Gasteiger partial charge < -0.3 is 9.15 Å². The largest absolute Gasteiger partial charge is 0.444 e. The van der Waals surface area contributed by atoms with Crippen LogP contribution in [0, 0.1) is 0 Å². The van der Waals surface area contributed by atoms with Gasteiger partial charge in [-0.2, -0.15) is 10.2 Å². The van der Waals surface area contributed by atoms with Gasteiger partial charge in [-0.25, -0.2) is 10.2 Å². The quantitative estimate of drug-likeness (QED) is 0.252. The van der Waals surface area contributed by atoms with Crippen molar-refractivity contribution in [2.24, 2.45) is 12.1 Å². The van der Waals surface area contributed by atoms with Crippen molar-refractivity contribution >= 4 is 50.0 Å². The normalized spacial score (nSPS) is 10.9. The van der Waals surface area contributed by atoms with Gasteiger partial charge in [-0.1, -0.05) is 0 Å². The Morgan fingerprint density at radius 1 is 1.22 bits per heavy atom. The number of aryl methyl sites for hydroxylation is 1. The number of furan rings is 1. The third-order valence-electron chi connectivity index (χ3n) is 3.27. The fourth-order valence-electron chi connectivity index (χ4n) is 2.04. The van der Waals surface area contributed by atoms with Gasteiger partial charge in [0.2, 0.25) is 0 Å². The second kappa shape index (κ2) is 8.31. The monoisotopic (exact) mass is 494 g/mol. The molecule has 0 aliphatic rings. The molecule has 8 nitrogen and oxygen atoms in total. The van der Waals surface area contributed by atoms with E-state index in [1.807, 2.05) is 0 Å². The number of hydrogen-bond acceptors (Lipinski definition) is 6. The lowest BCUT2D eigenvalue weighted by atomic mass is 10.2. The first-order chi connectivity index (χ1) is 12.9. The van der Waals surface area contributed by atoms with E-state index in [1.54, 1.807) is 43.6 Å². The van der Waals surface area contributed by atoms with Crippen LogP contribution in [-0.2, 0) is 7.05 Å². The van der Waals surface area contributed by atoms with Crippen molar-refractivity contribution in [3.63, 3.8) is 0 Å². The molecule has 0 bridgehead atoms. The van der Waals surface area contributed by atoms with E-state index in [-0.39, 0.29) is 5.76 Å². The molecule has 3 aromatic rings. The minimum atomic E-state index is -0.520. The summed E-state index contributed by atoms with van der Waals surface area (Å²) in [5, 5.41) is 7.89. The Bertz CT molecular complexity index is 1010. The number of amides is 1. The fourth-order valence-corrected chi connectivity index (χ4v) is 2.86. The molecular formula is C17H12Br2N4O4. The molecule has 3 rings (SSSR count). The molecule has 138 valence electrons. The van der Waals surface area contributed by atoms with Gasteiger partial charge in [0.05, 0.1) is 6.21 Å². The lowest BCUT2D eigenvalue weighted by Crippen LogP contribution is -2.16. The van der Waals surface area contributed by atoms with Crippen LogP contribution in [0.1, 0.15) is 26.5 Å². The van der Waals surface area contributed by atoms with E-state index in [0.29, 0.717) is 26.1 Å². The first-order valence-electron chi connectivity index (χ1n) is 7.52. The standard InChI is InChI=1S/C17H12Br2N4O4/c1-23-9-12(15(19)22-23)17(25)26-11-4-2-10(3-5-11)8-20-21-16(24)13-6-7-14(18)27-13/h2-9H,1H3,(H,21,24). The SMILES string of the molecule is Cn1cc(C(=O)Oc2ccc(C=NNC(=O)c3ccc(Br)o3)cc2)c(Br)n1. The van der Waals surface area contributed by atoms with Crippen molar-refractivity contribution in [3.05, 3.63) is 68.8 Å². The lowest BCUT2D eigenvalue weighted by molar-refractivity contribution is 0.0733. The summed E-state index contributed by atoms with van der Waals surface area (Å²) >= 11 is 6.33. The Labute approximate surface area is 170 Å². The van der Waals surface area contributed by atoms with Gasteiger partial charge in [0, 0.05) is 13.2 Å². The Hall–Kier alpha value is -2.72. The molecule has 0 spiro atoms. The van der Waals surface area contributed by atoms with Crippen LogP contribution in [0.2, 0.25) is 0 Å². The minimum absolute atomic E-state index is 0.142. The van der Waals surface area contributed by atoms with Crippen molar-refractivity contribution < 1.29 is 18.7 Å². The Balaban J connectivity index is 1.57. The van der Waals surface area contributed by atoms with Gasteiger partial charge in [0.1, 0.15) is 15.9 Å². The number of carbonyl (C=O) groups is 2. The summed E-state index contributed by atoms with van der Waals surface area (Å²) in [5.74, 6) is -0.474. The zero-order chi connectivity index (χ0) is 19.4. The van der Waals surface area contributed by atoms with Gasteiger partial charge in [0.25, 0.3) is 0 Å². The van der Waals surface area contributed by atoms with E-state index in [9.17, 15) is 9.59 Å². The zero-order valence-corrected chi connectivity index (χ0v) is 17.0. The zero-order valence-electron chi connectivity index (χ0n) is 13.8. The number of ether oxygens (including phenoxy) is 1. The van der Waals surface area contributed by atoms with Gasteiger partial charge >= 0.3 is 11.9 Å². The predicted octanol–water partition coefficient (Wildman–Crippen LogP) is 3.52. The highest BCUT2D eigenvalue weighted by molar-refractivity contribution is 9.10. The van der Waals surface area contributed by atoms with Gasteiger partial charge in [-0.05, 0) is 73.8 Å². The molecule has 1 N–H and O–H groups in total. The molecule has 1 aromatic carbocycles. The smallest absolute Gasteiger partial charge is 0.347 e. The highest BCUT2D eigenvalue weighted by Crippen LogP contribution is 2.18. The topological polar surface area (TPSA) is 98.7 Å². The van der Waals surface area contributed by atoms with E-state index >= 15 is 0 Å². The number of nitrogens with zero attached hydrogens (tertiary/aromatic N) is 3. The van der Waals surface area contributed by atoms with E-state index in [1.165, 1.54) is 17.0 Å². The number of hydrogen-bond donors (Lipinski definition) is 1. The highest BCUT2D eigenvalue weighted by atomic mass is 79.9. The third-order valence-corrected chi connectivity index (χ3v) is 4.28. The molecule has 0 unspecified atom stereocenters. The summed E-state index contributed by atoms with van der Waals surface area (Å²) in [6.07, 6.45) is 3.02. The number of halogens is 2. The summed E-state index contributed by atoms with van der Waals surface area (Å²) in [6.45, 7) is 0. The van der Waals surface area contributed by atoms with Crippen LogP contribution >= 0.6 is 31.9 Å². The third kappa shape index (κ3) is 4.92. The van der Waals surface area contributed by atoms with Crippen molar-refractivity contribution in [1.29, 1.82) is 0 Å². The second-order valence-corrected chi connectivity index (χ2v) is 6.80. The number of hydrazone groups is 1. The van der Waals surface area contributed by atoms with E-state index < -0.39 is 11.9 Å². The van der Waals surface area contributed by atoms with Gasteiger partial charge in [-0.3, -0.25) is 9.48 Å². The van der Waals surface area contributed by atoms with Crippen LogP contribution in [0.3, 0.4) is 0 Å². The second-order valence-electron chi connectivity index (χ2n) is 5.27. The Kier molecular flexibility index (Phi) is 5.87. The van der Waals surface area contributed by atoms with Gasteiger partial charge in [-0.15, -0.1) is 0 Å². The Morgan fingerprint density at radius 2 is 1.96 bits per heavy atom. The summed E-state index contributed by atoms with van der Waals surface area (Å²) < 4.78 is 12.8. The molecule has 0 radical (unpaired) electrons. The number of esters is 1. The van der Waals surface area contributed by atoms with Crippen molar-refractivity contribution in [2.75, 3.05) is 0 Å². The van der Waals surface area contributed by atoms with Crippen LogP contribution in [0.15, 0.2) is 61.4 Å². The minimum Gasteiger partial charge on any atom is -0.444 e. The molecule has 2 aromatic heterocycles. The average molecular weight is 496 g/mol. The maximum Gasteiger partial charge on any atom is 0.347 e. The lowest BCUT2D eigenvalue weighted by Gasteiger charge is -2.03. The first-order valence-corrected chi connectivity index (χ1v) is 9.11. The van der Waals surface area contributed by atoms with Crippen LogP contribution in [0.5, 0.6) is 5.75 Å². The molecule has 0 atom stereocenters. The molecule has 27 heavy (non-hydrogen) atoms. The average Bonchev–Trinajstić information content (AvgIpc) is 3.21. The molecule has 0 saturated carbocycles. The number of nitrogens with one attached hydrogen (secondary N) is 1. The number of carbonyl (C=O) groups excluding carboxylic acids is 2. The highest BCUT2D eigenvalue weighted by Gasteiger charge is 2.16. The maximum atomic E-state index is 12.1. The van der Waals surface area contributed by atoms with Crippen LogP contribution < -0.4 is 10.2 Å². The van der Waals surface area contributed by atoms with Crippen LogP contribution in [0.4, 0.5) is 0 Å². The number of benzene rings is 1. The molecule has 0 aliphatic carbocycles. The molecular weight excluding hydrogens is 484 g/mol. The summed E-state index contributed by atoms with van der Waals surface area (Å²) in [6, 6.07) is 9.77. The molecule has 0 aliphatic heterocycles. The Morgan fingerprint density at radius 3 is 2.56 bits per heavy atom. The van der Waals surface area contributed by atoms with Crippen LogP contribution in [-0.4, -0.2) is 27.9 Å². The predicted molar refractivity (Wildman–Crippen MR) is 104 cm³/mol. The van der Waals surface area contributed by atoms with E-state index in [4.69, 9.17) is 9.15 Å². The van der Waals surface area contributed by atoms with Gasteiger partial charge in [0.15, 0.2) is 10.4 Å². The summed E-state index contributed by atoms with van der Waals surface area (Å²) in [4.78, 5) is 23.9.